The second-order valence-electron chi connectivity index (χ2n) is 5.44. The van der Waals surface area contributed by atoms with E-state index in [1.807, 2.05) is 19.1 Å². The molecular weight excluding hydrogens is 432 g/mol. The van der Waals surface area contributed by atoms with Gasteiger partial charge in [-0.2, -0.15) is 13.2 Å². The van der Waals surface area contributed by atoms with Gasteiger partial charge in [0, 0.05) is 0 Å². The van der Waals surface area contributed by atoms with Gasteiger partial charge in [0.1, 0.15) is 0 Å². The number of hydrogen-bond donors (Lipinski definition) is 0. The zero-order chi connectivity index (χ0) is 19.5. The minimum atomic E-state index is -4.76. The first-order chi connectivity index (χ1) is 12.1. The number of nitrogens with one attached hydrogen (secondary N) is 1. The summed E-state index contributed by atoms with van der Waals surface area (Å²) in [5.41, 5.74) is -1.53. The molecule has 2 aromatic rings. The van der Waals surface area contributed by atoms with Crippen molar-refractivity contribution in [1.29, 1.82) is 0 Å². The topological polar surface area (TPSA) is 107 Å². The van der Waals surface area contributed by atoms with Crippen molar-refractivity contribution in [2.75, 3.05) is 0 Å². The van der Waals surface area contributed by atoms with Gasteiger partial charge in [0.15, 0.2) is 5.69 Å². The second-order valence-corrected chi connectivity index (χ2v) is 6.89. The summed E-state index contributed by atoms with van der Waals surface area (Å²) in [7, 11) is -4.59. The molecule has 149 valence electrons. The molecule has 0 bridgehead atoms. The summed E-state index contributed by atoms with van der Waals surface area (Å²) in [5, 5.41) is 13.8. The summed E-state index contributed by atoms with van der Waals surface area (Å²) >= 11 is 0. The Hall–Kier alpha value is -1.89. The fourth-order valence-electron chi connectivity index (χ4n) is 2.16. The van der Waals surface area contributed by atoms with Crippen molar-refractivity contribution in [2.45, 2.75) is 36.9 Å². The van der Waals surface area contributed by atoms with E-state index in [-0.39, 0.29) is 22.5 Å². The fourth-order valence-corrected chi connectivity index (χ4v) is 2.89. The van der Waals surface area contributed by atoms with Crippen molar-refractivity contribution in [1.82, 2.24) is 14.8 Å². The van der Waals surface area contributed by atoms with Crippen LogP contribution < -0.4 is 10.8 Å². The maximum atomic E-state index is 12.2. The summed E-state index contributed by atoms with van der Waals surface area (Å²) < 4.78 is 59.7. The predicted octanol–water partition coefficient (Wildman–Crippen LogP) is 3.01. The third-order valence-corrected chi connectivity index (χ3v) is 4.34. The van der Waals surface area contributed by atoms with Crippen LogP contribution in [-0.4, -0.2) is 18.1 Å². The Balaban J connectivity index is 0.000000262. The summed E-state index contributed by atoms with van der Waals surface area (Å²) in [4.78, 5) is 10.1. The predicted molar refractivity (Wildman–Crippen MR) is 87.7 cm³/mol. The Morgan fingerprint density at radius 1 is 1.30 bits per heavy atom. The van der Waals surface area contributed by atoms with Gasteiger partial charge in [-0.05, 0) is 31.2 Å². The van der Waals surface area contributed by atoms with E-state index in [4.69, 9.17) is 5.14 Å². The van der Waals surface area contributed by atoms with E-state index >= 15 is 0 Å². The average Bonchev–Trinajstić information content (AvgIpc) is 3.31. The zero-order valence-electron chi connectivity index (χ0n) is 13.9. The van der Waals surface area contributed by atoms with Crippen LogP contribution in [0.3, 0.4) is 0 Å². The van der Waals surface area contributed by atoms with Crippen LogP contribution in [0.2, 0.25) is 0 Å². The van der Waals surface area contributed by atoms with Gasteiger partial charge in [-0.1, -0.05) is 31.1 Å². The molecule has 1 aliphatic rings. The number of nitrogens with zero attached hydrogens (tertiary/aromatic N) is 3. The molecule has 1 heterocycles. The number of rotatable bonds is 3. The van der Waals surface area contributed by atoms with Gasteiger partial charge < -0.3 is 14.8 Å². The molecule has 27 heavy (non-hydrogen) atoms. The van der Waals surface area contributed by atoms with E-state index in [1.54, 1.807) is 4.57 Å². The van der Waals surface area contributed by atoms with Crippen LogP contribution in [-0.2, 0) is 33.0 Å². The molecule has 0 atom stereocenters. The monoisotopic (exact) mass is 447 g/mol. The third kappa shape index (κ3) is 6.06. The van der Waals surface area contributed by atoms with Gasteiger partial charge in [0.2, 0.25) is 0 Å². The first-order valence-corrected chi connectivity index (χ1v) is 8.94. The molecule has 12 heteroatoms. The van der Waals surface area contributed by atoms with Gasteiger partial charge in [-0.15, -0.1) is 0 Å². The molecule has 1 aliphatic carbocycles. The second kappa shape index (κ2) is 8.86. The Bertz CT molecular complexity index is 963. The zero-order valence-corrected chi connectivity index (χ0v) is 15.8. The van der Waals surface area contributed by atoms with Gasteiger partial charge in [0.05, 0.1) is 26.3 Å². The minimum absolute atomic E-state index is 0. The average molecular weight is 447 g/mol. The van der Waals surface area contributed by atoms with Crippen LogP contribution in [0.1, 0.15) is 37.2 Å². The number of hydrogen-bond acceptors (Lipinski definition) is 4. The van der Waals surface area contributed by atoms with Crippen molar-refractivity contribution in [3.8, 4) is 0 Å². The Morgan fingerprint density at radius 3 is 2.33 bits per heavy atom. The molecule has 0 spiro atoms. The molecule has 1 aromatic carbocycles. The summed E-state index contributed by atoms with van der Waals surface area (Å²) in [6, 6.07) is 3.94. The Morgan fingerprint density at radius 2 is 1.89 bits per heavy atom. The molecule has 1 aromatic heterocycles. The third-order valence-electron chi connectivity index (χ3n) is 3.40. The number of sulfonamides is 1. The van der Waals surface area contributed by atoms with E-state index in [0.29, 0.717) is 17.9 Å². The summed E-state index contributed by atoms with van der Waals surface area (Å²) in [6.45, 7) is 1.90. The minimum Gasteiger partial charge on any atom is -0.560 e. The maximum Gasteiger partial charge on any atom is 2.00 e. The van der Waals surface area contributed by atoms with E-state index < -0.39 is 26.7 Å². The first kappa shape index (κ1) is 23.1. The number of allylic oxidation sites excluding steroid dienone is 1. The maximum absolute atomic E-state index is 12.2. The molecule has 0 unspecified atom stereocenters. The van der Waals surface area contributed by atoms with Crippen LogP contribution in [0.15, 0.2) is 40.0 Å². The molecule has 0 saturated heterocycles. The fraction of sp³-hybridized carbons (Fsp3) is 0.333. The Labute approximate surface area is 163 Å². The van der Waals surface area contributed by atoms with Crippen molar-refractivity contribution in [2.24, 2.45) is 0 Å². The van der Waals surface area contributed by atoms with Gasteiger partial charge >= 0.3 is 23.0 Å². The standard InChI is InChI=1S/C8H11N3O.C7H5F3NO2S.Co/c1-2-3-7-9-10-8(12)11(7)6-4-5-6;8-7(9,10)5-3-1-2-4-6(5)14(11,12)13;/h2-3,6H,4-5H2,1H3,(H,10,12);1-4H,(H-,11,12,13);/q;-1;+2/p-1/b3-2+;;. The Kier molecular flexibility index (Phi) is 7.60. The molecule has 7 nitrogen and oxygen atoms in total. The van der Waals surface area contributed by atoms with Crippen LogP contribution in [0.25, 0.3) is 11.2 Å². The number of aromatic nitrogens is 3. The van der Waals surface area contributed by atoms with E-state index in [9.17, 15) is 26.4 Å². The normalized spacial score (nSPS) is 14.4. The molecule has 1 radical (unpaired) electrons. The van der Waals surface area contributed by atoms with Crippen LogP contribution >= 0.6 is 0 Å². The van der Waals surface area contributed by atoms with E-state index in [2.05, 4.69) is 10.2 Å². The SMILES string of the molecule is C/C=C/c1n[n-]c(=O)n1C1CC1.[Co+2].[NH-]S(=O)(=O)c1ccccc1C(F)(F)F. The molecule has 3 rings (SSSR count). The first-order valence-electron chi connectivity index (χ1n) is 7.46. The molecule has 0 amide bonds. The van der Waals surface area contributed by atoms with Gasteiger partial charge in [-0.25, -0.2) is 8.42 Å². The quantitative estimate of drug-likeness (QED) is 0.719. The van der Waals surface area contributed by atoms with Gasteiger partial charge in [-0.3, -0.25) is 9.89 Å². The summed E-state index contributed by atoms with van der Waals surface area (Å²) in [6.07, 6.45) is 1.08. The summed E-state index contributed by atoms with van der Waals surface area (Å²) in [5.74, 6) is 0.685. The molecule has 0 aliphatic heterocycles. The number of alkyl halides is 3. The molecule has 1 fully saturated rings. The van der Waals surface area contributed by atoms with Crippen molar-refractivity contribution in [3.63, 3.8) is 0 Å². The van der Waals surface area contributed by atoms with Crippen molar-refractivity contribution >= 4 is 16.1 Å². The van der Waals surface area contributed by atoms with Gasteiger partial charge in [0.25, 0.3) is 0 Å². The molecule has 1 N–H and O–H groups in total. The number of halogens is 3. The van der Waals surface area contributed by atoms with E-state index in [1.165, 1.54) is 0 Å². The van der Waals surface area contributed by atoms with Crippen LogP contribution in [0, 0.1) is 0 Å². The smallest absolute Gasteiger partial charge is 0.560 e. The largest absolute Gasteiger partial charge is 2.00 e. The van der Waals surface area contributed by atoms with Crippen LogP contribution in [0.5, 0.6) is 0 Å². The number of benzene rings is 1. The van der Waals surface area contributed by atoms with E-state index in [0.717, 1.165) is 31.0 Å². The van der Waals surface area contributed by atoms with Crippen molar-refractivity contribution < 1.29 is 38.4 Å². The van der Waals surface area contributed by atoms with Crippen molar-refractivity contribution in [3.05, 3.63) is 57.4 Å². The molecule has 1 saturated carbocycles. The van der Waals surface area contributed by atoms with Crippen LogP contribution in [0.4, 0.5) is 13.2 Å². The molecular formula is C15H15CoF3N4O3S.